The molecule has 0 aromatic carbocycles. The van der Waals surface area contributed by atoms with Gasteiger partial charge in [0, 0.05) is 26.8 Å². The van der Waals surface area contributed by atoms with E-state index in [0.29, 0.717) is 5.92 Å². The van der Waals surface area contributed by atoms with E-state index in [4.69, 9.17) is 4.74 Å². The van der Waals surface area contributed by atoms with Crippen molar-refractivity contribution in [1.29, 1.82) is 0 Å². The van der Waals surface area contributed by atoms with Crippen molar-refractivity contribution in [3.63, 3.8) is 0 Å². The van der Waals surface area contributed by atoms with Crippen molar-refractivity contribution < 1.29 is 14.6 Å². The molecular weight excluding hydrogens is 230 g/mol. The fraction of sp³-hybridized carbons (Fsp3) is 0.929. The van der Waals surface area contributed by atoms with Crippen LogP contribution in [0, 0.1) is 17.3 Å². The van der Waals surface area contributed by atoms with Gasteiger partial charge in [-0.1, -0.05) is 6.92 Å². The molecule has 1 fully saturated rings. The topological polar surface area (TPSA) is 49.8 Å². The molecule has 1 heterocycles. The third-order valence-corrected chi connectivity index (χ3v) is 4.10. The summed E-state index contributed by atoms with van der Waals surface area (Å²) in [5, 5.41) is 9.31. The molecular formula is C14H27NO3. The normalized spacial score (nSPS) is 23.9. The van der Waals surface area contributed by atoms with Crippen molar-refractivity contribution in [2.75, 3.05) is 33.4 Å². The summed E-state index contributed by atoms with van der Waals surface area (Å²) < 4.78 is 5.16. The van der Waals surface area contributed by atoms with Crippen LogP contribution in [0.25, 0.3) is 0 Å². The molecule has 2 atom stereocenters. The SMILES string of the molecule is COCC(C)CN1CCCC(C(C)(C)C(=O)O)C1. The Morgan fingerprint density at radius 3 is 2.78 bits per heavy atom. The predicted octanol–water partition coefficient (Wildman–Crippen LogP) is 2.09. The van der Waals surface area contributed by atoms with Crippen LogP contribution in [0.1, 0.15) is 33.6 Å². The zero-order valence-corrected chi connectivity index (χ0v) is 12.1. The maximum absolute atomic E-state index is 11.3. The Morgan fingerprint density at radius 1 is 1.56 bits per heavy atom. The molecule has 0 spiro atoms. The van der Waals surface area contributed by atoms with Gasteiger partial charge >= 0.3 is 5.97 Å². The van der Waals surface area contributed by atoms with E-state index in [9.17, 15) is 9.90 Å². The van der Waals surface area contributed by atoms with Crippen LogP contribution in [0.2, 0.25) is 0 Å². The molecule has 106 valence electrons. The van der Waals surface area contributed by atoms with Crippen LogP contribution in [0.5, 0.6) is 0 Å². The number of piperidine rings is 1. The highest BCUT2D eigenvalue weighted by molar-refractivity contribution is 5.74. The van der Waals surface area contributed by atoms with Crippen LogP contribution in [-0.2, 0) is 9.53 Å². The Balaban J connectivity index is 2.53. The lowest BCUT2D eigenvalue weighted by Gasteiger charge is -2.40. The first-order valence-corrected chi connectivity index (χ1v) is 6.82. The minimum Gasteiger partial charge on any atom is -0.481 e. The van der Waals surface area contributed by atoms with Gasteiger partial charge < -0.3 is 14.7 Å². The number of hydrogen-bond donors (Lipinski definition) is 1. The van der Waals surface area contributed by atoms with E-state index in [-0.39, 0.29) is 5.92 Å². The summed E-state index contributed by atoms with van der Waals surface area (Å²) in [6.45, 7) is 9.62. The van der Waals surface area contributed by atoms with Gasteiger partial charge in [-0.2, -0.15) is 0 Å². The molecule has 0 aliphatic carbocycles. The largest absolute Gasteiger partial charge is 0.481 e. The van der Waals surface area contributed by atoms with Gasteiger partial charge in [0.2, 0.25) is 0 Å². The molecule has 4 nitrogen and oxygen atoms in total. The van der Waals surface area contributed by atoms with E-state index in [1.165, 1.54) is 0 Å². The lowest BCUT2D eigenvalue weighted by Crippen LogP contribution is -2.46. The summed E-state index contributed by atoms with van der Waals surface area (Å²) in [7, 11) is 1.73. The Morgan fingerprint density at radius 2 is 2.22 bits per heavy atom. The molecule has 0 radical (unpaired) electrons. The zero-order chi connectivity index (χ0) is 13.8. The molecule has 0 amide bonds. The summed E-state index contributed by atoms with van der Waals surface area (Å²) in [6.07, 6.45) is 2.12. The summed E-state index contributed by atoms with van der Waals surface area (Å²) in [6, 6.07) is 0. The average Bonchev–Trinajstić information content (AvgIpc) is 2.29. The van der Waals surface area contributed by atoms with Crippen molar-refractivity contribution in [2.45, 2.75) is 33.6 Å². The molecule has 18 heavy (non-hydrogen) atoms. The maximum Gasteiger partial charge on any atom is 0.309 e. The quantitative estimate of drug-likeness (QED) is 0.791. The first kappa shape index (κ1) is 15.4. The molecule has 1 rings (SSSR count). The second kappa shape index (κ2) is 6.53. The predicted molar refractivity (Wildman–Crippen MR) is 71.6 cm³/mol. The number of rotatable bonds is 6. The highest BCUT2D eigenvalue weighted by Crippen LogP contribution is 2.34. The molecule has 4 heteroatoms. The standard InChI is InChI=1S/C14H27NO3/c1-11(10-18-4)8-15-7-5-6-12(9-15)14(2,3)13(16)17/h11-12H,5-10H2,1-4H3,(H,16,17). The first-order chi connectivity index (χ1) is 8.37. The minimum absolute atomic E-state index is 0.249. The number of likely N-dealkylation sites (tertiary alicyclic amines) is 1. The van der Waals surface area contributed by atoms with E-state index in [0.717, 1.165) is 39.1 Å². The number of carbonyl (C=O) groups is 1. The van der Waals surface area contributed by atoms with Crippen LogP contribution in [0.4, 0.5) is 0 Å². The summed E-state index contributed by atoms with van der Waals surface area (Å²) in [5.74, 6) is 0.0690. The molecule has 2 unspecified atom stereocenters. The third kappa shape index (κ3) is 3.95. The summed E-state index contributed by atoms with van der Waals surface area (Å²) in [4.78, 5) is 13.7. The van der Waals surface area contributed by atoms with Crippen LogP contribution in [-0.4, -0.2) is 49.3 Å². The zero-order valence-electron chi connectivity index (χ0n) is 12.1. The molecule has 0 bridgehead atoms. The van der Waals surface area contributed by atoms with Crippen molar-refractivity contribution >= 4 is 5.97 Å². The Hall–Kier alpha value is -0.610. The van der Waals surface area contributed by atoms with Crippen molar-refractivity contribution in [3.05, 3.63) is 0 Å². The first-order valence-electron chi connectivity index (χ1n) is 6.82. The smallest absolute Gasteiger partial charge is 0.309 e. The number of hydrogen-bond acceptors (Lipinski definition) is 3. The number of carboxylic acids is 1. The van der Waals surface area contributed by atoms with Crippen molar-refractivity contribution in [1.82, 2.24) is 4.90 Å². The van der Waals surface area contributed by atoms with E-state index in [2.05, 4.69) is 11.8 Å². The van der Waals surface area contributed by atoms with Gasteiger partial charge in [0.25, 0.3) is 0 Å². The fourth-order valence-electron chi connectivity index (χ4n) is 2.76. The van der Waals surface area contributed by atoms with E-state index < -0.39 is 11.4 Å². The Bertz CT molecular complexity index is 278. The fourth-order valence-corrected chi connectivity index (χ4v) is 2.76. The van der Waals surface area contributed by atoms with Crippen molar-refractivity contribution in [3.8, 4) is 0 Å². The van der Waals surface area contributed by atoms with Gasteiger partial charge in [-0.3, -0.25) is 4.79 Å². The molecule has 0 aromatic heterocycles. The number of nitrogens with zero attached hydrogens (tertiary/aromatic N) is 1. The number of aliphatic carboxylic acids is 1. The highest BCUT2D eigenvalue weighted by Gasteiger charge is 2.39. The molecule has 0 saturated carbocycles. The number of carboxylic acid groups (broad SMARTS) is 1. The van der Waals surface area contributed by atoms with Crippen molar-refractivity contribution in [2.24, 2.45) is 17.3 Å². The second-order valence-corrected chi connectivity index (χ2v) is 6.19. The van der Waals surface area contributed by atoms with Gasteiger partial charge in [0.05, 0.1) is 5.41 Å². The summed E-state index contributed by atoms with van der Waals surface area (Å²) >= 11 is 0. The summed E-state index contributed by atoms with van der Waals surface area (Å²) in [5.41, 5.74) is -0.622. The van der Waals surface area contributed by atoms with Crippen LogP contribution in [0.3, 0.4) is 0 Å². The highest BCUT2D eigenvalue weighted by atomic mass is 16.5. The molecule has 1 saturated heterocycles. The lowest BCUT2D eigenvalue weighted by atomic mass is 9.74. The van der Waals surface area contributed by atoms with Crippen LogP contribution >= 0.6 is 0 Å². The Kier molecular flexibility index (Phi) is 5.60. The van der Waals surface area contributed by atoms with Gasteiger partial charge in [-0.25, -0.2) is 0 Å². The van der Waals surface area contributed by atoms with Crippen LogP contribution in [0.15, 0.2) is 0 Å². The minimum atomic E-state index is -0.681. The average molecular weight is 257 g/mol. The molecule has 1 aliphatic rings. The van der Waals surface area contributed by atoms with E-state index in [1.807, 2.05) is 13.8 Å². The van der Waals surface area contributed by atoms with Crippen LogP contribution < -0.4 is 0 Å². The Labute approximate surface area is 110 Å². The van der Waals surface area contributed by atoms with Gasteiger partial charge in [-0.05, 0) is 45.1 Å². The second-order valence-electron chi connectivity index (χ2n) is 6.19. The van der Waals surface area contributed by atoms with Gasteiger partial charge in [-0.15, -0.1) is 0 Å². The van der Waals surface area contributed by atoms with E-state index >= 15 is 0 Å². The number of ether oxygens (including phenoxy) is 1. The van der Waals surface area contributed by atoms with E-state index in [1.54, 1.807) is 7.11 Å². The molecule has 0 aromatic rings. The van der Waals surface area contributed by atoms with Gasteiger partial charge in [0.1, 0.15) is 0 Å². The lowest BCUT2D eigenvalue weighted by molar-refractivity contribution is -0.151. The van der Waals surface area contributed by atoms with Gasteiger partial charge in [0.15, 0.2) is 0 Å². The molecule has 1 aliphatic heterocycles. The maximum atomic E-state index is 11.3. The molecule has 1 N–H and O–H groups in total. The third-order valence-electron chi connectivity index (χ3n) is 4.10. The monoisotopic (exact) mass is 257 g/mol. The number of methoxy groups -OCH3 is 1.